The van der Waals surface area contributed by atoms with Gasteiger partial charge < -0.3 is 0 Å². The molecule has 0 aliphatic rings. The summed E-state index contributed by atoms with van der Waals surface area (Å²) < 4.78 is 2.41. The maximum Gasteiger partial charge on any atom is 0.171 e. The summed E-state index contributed by atoms with van der Waals surface area (Å²) >= 11 is 0. The Hall–Kier alpha value is -0.850. The molecule has 138 valence electrons. The highest BCUT2D eigenvalue weighted by Crippen LogP contribution is 2.10. The third-order valence-corrected chi connectivity index (χ3v) is 5.01. The van der Waals surface area contributed by atoms with Crippen molar-refractivity contribution in [1.82, 2.24) is 0 Å². The largest absolute Gasteiger partial charge is 0.205 e. The molecule has 0 fully saturated rings. The maximum atomic E-state index is 2.41. The third kappa shape index (κ3) is 11.6. The third-order valence-electron chi connectivity index (χ3n) is 5.01. The van der Waals surface area contributed by atoms with Gasteiger partial charge >= 0.3 is 0 Å². The van der Waals surface area contributed by atoms with E-state index in [-0.39, 0.29) is 0 Å². The van der Waals surface area contributed by atoms with E-state index >= 15 is 0 Å². The topological polar surface area (TPSA) is 3.88 Å². The predicted molar refractivity (Wildman–Crippen MR) is 106 cm³/mol. The number of hydrogen-bond donors (Lipinski definition) is 0. The number of hydrogen-bond acceptors (Lipinski definition) is 0. The Morgan fingerprint density at radius 3 is 1.83 bits per heavy atom. The van der Waals surface area contributed by atoms with Crippen LogP contribution in [-0.4, -0.2) is 0 Å². The lowest BCUT2D eigenvalue weighted by atomic mass is 10.1. The molecule has 0 saturated carbocycles. The van der Waals surface area contributed by atoms with Crippen molar-refractivity contribution in [3.63, 3.8) is 0 Å². The van der Waals surface area contributed by atoms with Crippen molar-refractivity contribution in [2.75, 3.05) is 0 Å². The Bertz CT molecular complexity index is 352. The van der Waals surface area contributed by atoms with Crippen LogP contribution >= 0.6 is 0 Å². The van der Waals surface area contributed by atoms with Crippen LogP contribution in [-0.2, 0) is 13.0 Å². The van der Waals surface area contributed by atoms with Gasteiger partial charge in [-0.25, -0.2) is 4.57 Å². The molecule has 1 heterocycles. The molecule has 1 aromatic heterocycles. The van der Waals surface area contributed by atoms with E-state index in [0.717, 1.165) is 0 Å². The van der Waals surface area contributed by atoms with Gasteiger partial charge in [0.05, 0.1) is 0 Å². The van der Waals surface area contributed by atoms with Crippen LogP contribution in [0, 0.1) is 0 Å². The molecular formula is C23H42N+. The molecule has 0 spiro atoms. The van der Waals surface area contributed by atoms with Crippen LogP contribution in [0.2, 0.25) is 0 Å². The molecule has 1 rings (SSSR count). The Labute approximate surface area is 151 Å². The molecule has 1 heteroatoms. The second-order valence-electron chi connectivity index (χ2n) is 7.44. The number of rotatable bonds is 16. The van der Waals surface area contributed by atoms with E-state index in [9.17, 15) is 0 Å². The van der Waals surface area contributed by atoms with Gasteiger partial charge in [-0.2, -0.15) is 0 Å². The van der Waals surface area contributed by atoms with E-state index in [0.29, 0.717) is 0 Å². The lowest BCUT2D eigenvalue weighted by Crippen LogP contribution is -2.33. The van der Waals surface area contributed by atoms with E-state index in [2.05, 4.69) is 42.9 Å². The number of nitrogens with zero attached hydrogens (tertiary/aromatic N) is 1. The van der Waals surface area contributed by atoms with E-state index in [1.165, 1.54) is 108 Å². The molecular weight excluding hydrogens is 290 g/mol. The van der Waals surface area contributed by atoms with Crippen LogP contribution < -0.4 is 4.57 Å². The van der Waals surface area contributed by atoms with Gasteiger partial charge in [0.25, 0.3) is 0 Å². The number of unbranched alkanes of at least 4 members (excludes halogenated alkanes) is 12. The molecule has 24 heavy (non-hydrogen) atoms. The number of aryl methyl sites for hydroxylation is 2. The summed E-state index contributed by atoms with van der Waals surface area (Å²) in [7, 11) is 0. The molecule has 1 nitrogen and oxygen atoms in total. The first-order valence-electron chi connectivity index (χ1n) is 10.8. The van der Waals surface area contributed by atoms with E-state index in [1.54, 1.807) is 0 Å². The second kappa shape index (κ2) is 15.7. The van der Waals surface area contributed by atoms with Gasteiger partial charge in [-0.15, -0.1) is 0 Å². The van der Waals surface area contributed by atoms with Gasteiger partial charge in [0.1, 0.15) is 6.54 Å². The molecule has 0 saturated heterocycles. The van der Waals surface area contributed by atoms with Gasteiger partial charge in [-0.3, -0.25) is 0 Å². The summed E-state index contributed by atoms with van der Waals surface area (Å²) in [5.41, 5.74) is 1.52. The Kier molecular flexibility index (Phi) is 13.8. The van der Waals surface area contributed by atoms with Crippen molar-refractivity contribution in [2.24, 2.45) is 0 Å². The van der Waals surface area contributed by atoms with E-state index < -0.39 is 0 Å². The highest BCUT2D eigenvalue weighted by Gasteiger charge is 2.03. The lowest BCUT2D eigenvalue weighted by molar-refractivity contribution is -0.697. The molecule has 0 unspecified atom stereocenters. The van der Waals surface area contributed by atoms with Gasteiger partial charge in [0.2, 0.25) is 0 Å². The molecule has 0 radical (unpaired) electrons. The molecule has 0 bridgehead atoms. The summed E-state index contributed by atoms with van der Waals surface area (Å²) in [6, 6.07) is 4.54. The van der Waals surface area contributed by atoms with Crippen molar-refractivity contribution in [1.29, 1.82) is 0 Å². The first-order valence-corrected chi connectivity index (χ1v) is 10.8. The fourth-order valence-corrected chi connectivity index (χ4v) is 3.40. The first kappa shape index (κ1) is 21.2. The average Bonchev–Trinajstić information content (AvgIpc) is 2.60. The van der Waals surface area contributed by atoms with Crippen molar-refractivity contribution in [2.45, 2.75) is 117 Å². The monoisotopic (exact) mass is 332 g/mol. The van der Waals surface area contributed by atoms with E-state index in [1.807, 2.05) is 0 Å². The van der Waals surface area contributed by atoms with Crippen LogP contribution in [0.4, 0.5) is 0 Å². The highest BCUT2D eigenvalue weighted by atomic mass is 14.9. The van der Waals surface area contributed by atoms with Crippen LogP contribution in [0.3, 0.4) is 0 Å². The van der Waals surface area contributed by atoms with Crippen LogP contribution in [0.15, 0.2) is 24.5 Å². The van der Waals surface area contributed by atoms with Crippen molar-refractivity contribution >= 4 is 0 Å². The summed E-state index contributed by atoms with van der Waals surface area (Å²) in [5, 5.41) is 0. The molecule has 0 aromatic carbocycles. The number of aromatic nitrogens is 1. The number of pyridine rings is 1. The first-order chi connectivity index (χ1) is 11.9. The van der Waals surface area contributed by atoms with Gasteiger partial charge in [-0.1, -0.05) is 84.5 Å². The summed E-state index contributed by atoms with van der Waals surface area (Å²) in [6.45, 7) is 5.77. The Morgan fingerprint density at radius 1 is 0.667 bits per heavy atom. The fourth-order valence-electron chi connectivity index (χ4n) is 3.40. The summed E-state index contributed by atoms with van der Waals surface area (Å²) in [4.78, 5) is 0. The molecule has 0 aliphatic heterocycles. The zero-order chi connectivity index (χ0) is 17.3. The quantitative estimate of drug-likeness (QED) is 0.226. The molecule has 0 atom stereocenters. The molecule has 0 amide bonds. The Morgan fingerprint density at radius 2 is 1.21 bits per heavy atom. The van der Waals surface area contributed by atoms with Crippen LogP contribution in [0.5, 0.6) is 0 Å². The smallest absolute Gasteiger partial charge is 0.171 e. The molecule has 0 aliphatic carbocycles. The van der Waals surface area contributed by atoms with Gasteiger partial charge in [-0.05, 0) is 25.3 Å². The van der Waals surface area contributed by atoms with Crippen LogP contribution in [0.25, 0.3) is 0 Å². The van der Waals surface area contributed by atoms with Crippen molar-refractivity contribution in [3.8, 4) is 0 Å². The Balaban J connectivity index is 2.08. The minimum absolute atomic E-state index is 1.19. The highest BCUT2D eigenvalue weighted by molar-refractivity contribution is 5.05. The fraction of sp³-hybridized carbons (Fsp3) is 0.783. The zero-order valence-electron chi connectivity index (χ0n) is 16.6. The summed E-state index contributed by atoms with van der Waals surface area (Å²) in [5.74, 6) is 0. The van der Waals surface area contributed by atoms with E-state index in [4.69, 9.17) is 0 Å². The summed E-state index contributed by atoms with van der Waals surface area (Å²) in [6.07, 6.45) is 25.4. The minimum atomic E-state index is 1.19. The standard InChI is InChI=1S/C23H42N/c1-3-5-7-9-11-13-15-18-23-19-17-21-24(22-23)20-16-14-12-10-8-6-4-2/h17,19,21-22H,3-16,18,20H2,1-2H3/q+1. The SMILES string of the molecule is CCCCCCCCCc1ccc[n+](CCCCCCCCC)c1. The molecule has 1 aromatic rings. The zero-order valence-corrected chi connectivity index (χ0v) is 16.6. The minimum Gasteiger partial charge on any atom is -0.205 e. The van der Waals surface area contributed by atoms with Crippen molar-refractivity contribution in [3.05, 3.63) is 30.1 Å². The predicted octanol–water partition coefficient (Wildman–Crippen LogP) is 7.02. The van der Waals surface area contributed by atoms with Gasteiger partial charge in [0.15, 0.2) is 12.4 Å². The van der Waals surface area contributed by atoms with Gasteiger partial charge in [0, 0.05) is 18.1 Å². The lowest BCUT2D eigenvalue weighted by Gasteiger charge is -2.03. The van der Waals surface area contributed by atoms with Crippen LogP contribution in [0.1, 0.15) is 109 Å². The molecule has 0 N–H and O–H groups in total. The second-order valence-corrected chi connectivity index (χ2v) is 7.44. The average molecular weight is 333 g/mol. The normalized spacial score (nSPS) is 11.1. The maximum absolute atomic E-state index is 2.41. The van der Waals surface area contributed by atoms with Crippen molar-refractivity contribution < 1.29 is 4.57 Å².